The minimum absolute atomic E-state index is 0.0803. The standard InChI is InChI=1S/C15H21N3O4S/c1-23(20,21)18-9-13(12-5-7-22-14(12)10-18)15(19)17-8-11-4-2-3-6-16-11/h2-4,6,12-14H,5,7-10H2,1H3,(H,17,19)/t12-,13+,14+/m0/s1. The molecule has 1 N–H and O–H groups in total. The number of pyridine rings is 1. The molecule has 0 aliphatic carbocycles. The summed E-state index contributed by atoms with van der Waals surface area (Å²) in [5.41, 5.74) is 0.774. The van der Waals surface area contributed by atoms with Gasteiger partial charge in [0.15, 0.2) is 0 Å². The van der Waals surface area contributed by atoms with Crippen molar-refractivity contribution in [1.29, 1.82) is 0 Å². The van der Waals surface area contributed by atoms with Gasteiger partial charge >= 0.3 is 0 Å². The Bertz CT molecular complexity index is 665. The zero-order chi connectivity index (χ0) is 16.4. The van der Waals surface area contributed by atoms with Crippen molar-refractivity contribution in [1.82, 2.24) is 14.6 Å². The van der Waals surface area contributed by atoms with Crippen LogP contribution < -0.4 is 5.32 Å². The molecular weight excluding hydrogens is 318 g/mol. The van der Waals surface area contributed by atoms with Crippen LogP contribution in [0.3, 0.4) is 0 Å². The van der Waals surface area contributed by atoms with E-state index in [1.807, 2.05) is 18.2 Å². The second-order valence-corrected chi connectivity index (χ2v) is 8.07. The van der Waals surface area contributed by atoms with Gasteiger partial charge in [0.1, 0.15) is 0 Å². The molecule has 1 aromatic heterocycles. The van der Waals surface area contributed by atoms with Gasteiger partial charge in [-0.1, -0.05) is 6.07 Å². The van der Waals surface area contributed by atoms with Gasteiger partial charge in [0, 0.05) is 31.8 Å². The van der Waals surface area contributed by atoms with Crippen LogP contribution in [-0.2, 0) is 26.1 Å². The van der Waals surface area contributed by atoms with E-state index in [4.69, 9.17) is 4.74 Å². The van der Waals surface area contributed by atoms with Gasteiger partial charge in [0.05, 0.1) is 30.5 Å². The molecule has 3 heterocycles. The summed E-state index contributed by atoms with van der Waals surface area (Å²) in [7, 11) is -3.34. The highest BCUT2D eigenvalue weighted by molar-refractivity contribution is 7.88. The van der Waals surface area contributed by atoms with E-state index in [0.717, 1.165) is 12.1 Å². The molecule has 3 rings (SSSR count). The lowest BCUT2D eigenvalue weighted by Gasteiger charge is -2.37. The summed E-state index contributed by atoms with van der Waals surface area (Å²) in [4.78, 5) is 16.7. The molecule has 0 saturated carbocycles. The fraction of sp³-hybridized carbons (Fsp3) is 0.600. The summed E-state index contributed by atoms with van der Waals surface area (Å²) < 4.78 is 30.7. The molecule has 0 bridgehead atoms. The van der Waals surface area contributed by atoms with Crippen molar-refractivity contribution in [2.24, 2.45) is 11.8 Å². The number of carbonyl (C=O) groups excluding carboxylic acids is 1. The second-order valence-electron chi connectivity index (χ2n) is 6.09. The lowest BCUT2D eigenvalue weighted by Crippen LogP contribution is -2.54. The number of amides is 1. The highest BCUT2D eigenvalue weighted by Crippen LogP contribution is 2.34. The number of hydrogen-bond donors (Lipinski definition) is 1. The summed E-state index contributed by atoms with van der Waals surface area (Å²) in [6, 6.07) is 5.52. The summed E-state index contributed by atoms with van der Waals surface area (Å²) in [6.45, 7) is 1.48. The van der Waals surface area contributed by atoms with E-state index < -0.39 is 10.0 Å². The summed E-state index contributed by atoms with van der Waals surface area (Å²) >= 11 is 0. The highest BCUT2D eigenvalue weighted by atomic mass is 32.2. The minimum atomic E-state index is -3.34. The van der Waals surface area contributed by atoms with Crippen LogP contribution >= 0.6 is 0 Å². The number of carbonyl (C=O) groups is 1. The molecule has 0 unspecified atom stereocenters. The largest absolute Gasteiger partial charge is 0.377 e. The molecule has 2 aliphatic rings. The van der Waals surface area contributed by atoms with E-state index in [2.05, 4.69) is 10.3 Å². The van der Waals surface area contributed by atoms with Crippen LogP contribution in [0.4, 0.5) is 0 Å². The van der Waals surface area contributed by atoms with E-state index in [1.165, 1.54) is 10.6 Å². The predicted octanol–water partition coefficient (Wildman–Crippen LogP) is -0.00570. The summed E-state index contributed by atoms with van der Waals surface area (Å²) in [6.07, 6.45) is 3.45. The predicted molar refractivity (Wildman–Crippen MR) is 83.8 cm³/mol. The zero-order valence-corrected chi connectivity index (χ0v) is 13.8. The summed E-state index contributed by atoms with van der Waals surface area (Å²) in [5, 5.41) is 2.87. The first kappa shape index (κ1) is 16.4. The molecule has 2 aliphatic heterocycles. The van der Waals surface area contributed by atoms with Crippen molar-refractivity contribution < 1.29 is 17.9 Å². The Balaban J connectivity index is 1.69. The maximum atomic E-state index is 12.6. The Hall–Kier alpha value is -1.51. The van der Waals surface area contributed by atoms with Crippen LogP contribution in [0.15, 0.2) is 24.4 Å². The molecule has 2 saturated heterocycles. The molecule has 2 fully saturated rings. The van der Waals surface area contributed by atoms with Crippen LogP contribution in [0.25, 0.3) is 0 Å². The Morgan fingerprint density at radius 2 is 2.26 bits per heavy atom. The quantitative estimate of drug-likeness (QED) is 0.834. The smallest absolute Gasteiger partial charge is 0.225 e. The molecule has 3 atom stereocenters. The fourth-order valence-corrected chi connectivity index (χ4v) is 4.15. The van der Waals surface area contributed by atoms with Crippen LogP contribution in [0.2, 0.25) is 0 Å². The molecule has 7 nitrogen and oxygen atoms in total. The summed E-state index contributed by atoms with van der Waals surface area (Å²) in [5.74, 6) is -0.434. The molecule has 0 spiro atoms. The second kappa shape index (κ2) is 6.54. The van der Waals surface area contributed by atoms with Gasteiger partial charge in [-0.05, 0) is 18.6 Å². The zero-order valence-electron chi connectivity index (χ0n) is 13.0. The third-order valence-electron chi connectivity index (χ3n) is 4.54. The molecule has 0 radical (unpaired) electrons. The van der Waals surface area contributed by atoms with Crippen LogP contribution in [0.5, 0.6) is 0 Å². The first-order valence-corrected chi connectivity index (χ1v) is 9.54. The molecular formula is C15H21N3O4S. The number of rotatable bonds is 4. The van der Waals surface area contributed by atoms with Crippen LogP contribution in [-0.4, -0.2) is 55.7 Å². The number of aromatic nitrogens is 1. The first-order valence-electron chi connectivity index (χ1n) is 7.69. The molecule has 1 amide bonds. The topological polar surface area (TPSA) is 88.6 Å². The van der Waals surface area contributed by atoms with Gasteiger partial charge < -0.3 is 10.1 Å². The lowest BCUT2D eigenvalue weighted by molar-refractivity contribution is -0.129. The van der Waals surface area contributed by atoms with Gasteiger partial charge in [-0.25, -0.2) is 8.42 Å². The minimum Gasteiger partial charge on any atom is -0.377 e. The van der Waals surface area contributed by atoms with Crippen molar-refractivity contribution in [2.45, 2.75) is 19.1 Å². The number of nitrogens with zero attached hydrogens (tertiary/aromatic N) is 2. The Labute approximate surface area is 136 Å². The molecule has 8 heteroatoms. The normalized spacial score (nSPS) is 28.3. The first-order chi connectivity index (χ1) is 10.9. The van der Waals surface area contributed by atoms with E-state index in [1.54, 1.807) is 6.20 Å². The Kier molecular flexibility index (Phi) is 4.65. The molecule has 126 valence electrons. The number of fused-ring (bicyclic) bond motifs is 1. The van der Waals surface area contributed by atoms with E-state index >= 15 is 0 Å². The van der Waals surface area contributed by atoms with Crippen molar-refractivity contribution in [3.05, 3.63) is 30.1 Å². The average molecular weight is 339 g/mol. The van der Waals surface area contributed by atoms with Crippen molar-refractivity contribution >= 4 is 15.9 Å². The van der Waals surface area contributed by atoms with Crippen LogP contribution in [0.1, 0.15) is 12.1 Å². The number of ether oxygens (including phenoxy) is 1. The Morgan fingerprint density at radius 1 is 1.43 bits per heavy atom. The van der Waals surface area contributed by atoms with Crippen molar-refractivity contribution in [2.75, 3.05) is 26.0 Å². The third kappa shape index (κ3) is 3.70. The molecule has 0 aromatic carbocycles. The maximum absolute atomic E-state index is 12.6. The third-order valence-corrected chi connectivity index (χ3v) is 5.77. The number of nitrogens with one attached hydrogen (secondary N) is 1. The van der Waals surface area contributed by atoms with Gasteiger partial charge in [-0.2, -0.15) is 4.31 Å². The van der Waals surface area contributed by atoms with E-state index in [9.17, 15) is 13.2 Å². The van der Waals surface area contributed by atoms with Crippen LogP contribution in [0, 0.1) is 11.8 Å². The molecule has 1 aromatic rings. The number of hydrogen-bond acceptors (Lipinski definition) is 5. The average Bonchev–Trinajstić information content (AvgIpc) is 3.00. The van der Waals surface area contributed by atoms with Gasteiger partial charge in [0.25, 0.3) is 0 Å². The van der Waals surface area contributed by atoms with Gasteiger partial charge in [-0.15, -0.1) is 0 Å². The highest BCUT2D eigenvalue weighted by Gasteiger charge is 2.45. The van der Waals surface area contributed by atoms with Gasteiger partial charge in [0.2, 0.25) is 15.9 Å². The SMILES string of the molecule is CS(=O)(=O)N1C[C@H]2OCC[C@H]2[C@H](C(=O)NCc2ccccn2)C1. The van der Waals surface area contributed by atoms with Crippen molar-refractivity contribution in [3.8, 4) is 0 Å². The number of piperidine rings is 1. The number of sulfonamides is 1. The van der Waals surface area contributed by atoms with Crippen molar-refractivity contribution in [3.63, 3.8) is 0 Å². The lowest BCUT2D eigenvalue weighted by atomic mass is 9.83. The van der Waals surface area contributed by atoms with E-state index in [-0.39, 0.29) is 30.4 Å². The Morgan fingerprint density at radius 3 is 2.96 bits per heavy atom. The maximum Gasteiger partial charge on any atom is 0.225 e. The van der Waals surface area contributed by atoms with E-state index in [0.29, 0.717) is 19.7 Å². The fourth-order valence-electron chi connectivity index (χ4n) is 3.30. The monoisotopic (exact) mass is 339 g/mol. The van der Waals surface area contributed by atoms with Gasteiger partial charge in [-0.3, -0.25) is 9.78 Å². The molecule has 23 heavy (non-hydrogen) atoms.